The Hall–Kier alpha value is -3.29. The smallest absolute Gasteiger partial charge is 0.340 e. The number of aryl methyl sites for hydroxylation is 1. The van der Waals surface area contributed by atoms with E-state index in [0.29, 0.717) is 16.6 Å². The zero-order chi connectivity index (χ0) is 22.8. The highest BCUT2D eigenvalue weighted by Crippen LogP contribution is 2.25. The number of benzene rings is 1. The molecule has 0 saturated heterocycles. The third-order valence-electron chi connectivity index (χ3n) is 4.12. The first-order chi connectivity index (χ1) is 14.5. The van der Waals surface area contributed by atoms with E-state index in [9.17, 15) is 18.0 Å². The molecule has 0 unspecified atom stereocenters. The highest BCUT2D eigenvalue weighted by molar-refractivity contribution is 7.85. The fraction of sp³-hybridized carbons (Fsp3) is 0.235. The van der Waals surface area contributed by atoms with Crippen LogP contribution in [0, 0.1) is 6.92 Å². The van der Waals surface area contributed by atoms with Crippen molar-refractivity contribution in [2.24, 2.45) is 0 Å². The molecule has 0 atom stereocenters. The van der Waals surface area contributed by atoms with Gasteiger partial charge in [0.15, 0.2) is 0 Å². The van der Waals surface area contributed by atoms with Crippen LogP contribution in [-0.4, -0.2) is 51.3 Å². The van der Waals surface area contributed by atoms with E-state index >= 15 is 0 Å². The van der Waals surface area contributed by atoms with Gasteiger partial charge < -0.3 is 20.2 Å². The highest BCUT2D eigenvalue weighted by Gasteiger charge is 2.15. The van der Waals surface area contributed by atoms with Gasteiger partial charge in [-0.05, 0) is 36.2 Å². The van der Waals surface area contributed by atoms with Crippen molar-refractivity contribution in [3.05, 3.63) is 45.0 Å². The van der Waals surface area contributed by atoms with Crippen LogP contribution in [-0.2, 0) is 21.3 Å². The van der Waals surface area contributed by atoms with Crippen LogP contribution in [0.4, 0.5) is 17.6 Å². The van der Waals surface area contributed by atoms with Gasteiger partial charge in [-0.3, -0.25) is 9.35 Å². The summed E-state index contributed by atoms with van der Waals surface area (Å²) in [6, 6.07) is 4.80. The largest absolute Gasteiger partial charge is 0.481 e. The number of carboxylic acid groups (broad SMARTS) is 1. The predicted octanol–water partition coefficient (Wildman–Crippen LogP) is 1.61. The van der Waals surface area contributed by atoms with Crippen LogP contribution in [0.1, 0.15) is 11.1 Å². The molecule has 0 fully saturated rings. The first-order valence-electron chi connectivity index (χ1n) is 8.67. The van der Waals surface area contributed by atoms with Gasteiger partial charge in [-0.2, -0.15) is 23.4 Å². The summed E-state index contributed by atoms with van der Waals surface area (Å²) in [4.78, 5) is 34.9. The van der Waals surface area contributed by atoms with Crippen molar-refractivity contribution in [1.82, 2.24) is 15.0 Å². The fourth-order valence-electron chi connectivity index (χ4n) is 2.73. The molecular weight excluding hydrogens is 454 g/mol. The Morgan fingerprint density at radius 3 is 2.61 bits per heavy atom. The molecule has 3 aromatic rings. The molecule has 14 heteroatoms. The van der Waals surface area contributed by atoms with Gasteiger partial charge in [0.25, 0.3) is 10.1 Å². The molecule has 4 N–H and O–H groups in total. The van der Waals surface area contributed by atoms with E-state index in [1.807, 2.05) is 0 Å². The Kier molecular flexibility index (Phi) is 6.38. The monoisotopic (exact) mass is 469 g/mol. The number of nitrogens with one attached hydrogen (secondary N) is 2. The van der Waals surface area contributed by atoms with E-state index in [2.05, 4.69) is 25.6 Å². The van der Waals surface area contributed by atoms with Crippen LogP contribution >= 0.6 is 11.6 Å². The maximum Gasteiger partial charge on any atom is 0.340 e. The van der Waals surface area contributed by atoms with E-state index in [-0.39, 0.29) is 34.9 Å². The topological polar surface area (TPSA) is 185 Å². The van der Waals surface area contributed by atoms with Gasteiger partial charge in [-0.1, -0.05) is 0 Å². The number of anilines is 3. The van der Waals surface area contributed by atoms with Crippen LogP contribution in [0.2, 0.25) is 5.28 Å². The number of hydrogen-bond acceptors (Lipinski definition) is 10. The van der Waals surface area contributed by atoms with Crippen molar-refractivity contribution in [3.63, 3.8) is 0 Å². The van der Waals surface area contributed by atoms with Gasteiger partial charge in [0, 0.05) is 23.7 Å². The number of aromatic nitrogens is 3. The lowest BCUT2D eigenvalue weighted by molar-refractivity contribution is -0.136. The maximum atomic E-state index is 12.1. The lowest BCUT2D eigenvalue weighted by atomic mass is 10.0. The standard InChI is InChI=1S/C17H16ClN5O7S/c1-8-10-3-2-9(6-12(10)30-14(26)11(8)7-13(24)25)20-17-22-15(18)21-16(23-17)19-4-5-31(27,28)29/h2-3,6H,4-5,7H2,1H3,(H,24,25)(H,27,28,29)(H2,19,20,21,22,23). The molecule has 31 heavy (non-hydrogen) atoms. The molecule has 1 aromatic carbocycles. The second-order valence-electron chi connectivity index (χ2n) is 6.36. The van der Waals surface area contributed by atoms with E-state index in [4.69, 9.17) is 25.7 Å². The molecule has 2 heterocycles. The van der Waals surface area contributed by atoms with E-state index in [1.54, 1.807) is 19.1 Å². The van der Waals surface area contributed by atoms with Crippen LogP contribution < -0.4 is 16.3 Å². The van der Waals surface area contributed by atoms with E-state index in [0.717, 1.165) is 0 Å². The zero-order valence-corrected chi connectivity index (χ0v) is 17.5. The minimum Gasteiger partial charge on any atom is -0.481 e. The Bertz CT molecular complexity index is 1330. The number of hydrogen-bond donors (Lipinski definition) is 4. The van der Waals surface area contributed by atoms with Gasteiger partial charge in [-0.15, -0.1) is 0 Å². The SMILES string of the molecule is Cc1c(CC(=O)O)c(=O)oc2cc(Nc3nc(Cl)nc(NCCS(=O)(=O)O)n3)ccc12. The summed E-state index contributed by atoms with van der Waals surface area (Å²) in [7, 11) is -4.15. The average molecular weight is 470 g/mol. The van der Waals surface area contributed by atoms with Crippen molar-refractivity contribution in [3.8, 4) is 0 Å². The minimum absolute atomic E-state index is 0.0207. The van der Waals surface area contributed by atoms with E-state index < -0.39 is 33.9 Å². The molecule has 0 radical (unpaired) electrons. The zero-order valence-electron chi connectivity index (χ0n) is 15.9. The fourth-order valence-corrected chi connectivity index (χ4v) is 3.25. The van der Waals surface area contributed by atoms with Crippen LogP contribution in [0.15, 0.2) is 27.4 Å². The van der Waals surface area contributed by atoms with Crippen LogP contribution in [0.3, 0.4) is 0 Å². The maximum absolute atomic E-state index is 12.1. The van der Waals surface area contributed by atoms with Gasteiger partial charge in [0.2, 0.25) is 17.2 Å². The predicted molar refractivity (Wildman–Crippen MR) is 112 cm³/mol. The first-order valence-corrected chi connectivity index (χ1v) is 10.7. The number of rotatable bonds is 8. The Balaban J connectivity index is 1.86. The molecule has 0 aliphatic rings. The normalized spacial score (nSPS) is 11.5. The molecule has 164 valence electrons. The lowest BCUT2D eigenvalue weighted by Gasteiger charge is -2.10. The number of nitrogens with zero attached hydrogens (tertiary/aromatic N) is 3. The van der Waals surface area contributed by atoms with Crippen molar-refractivity contribution < 1.29 is 27.3 Å². The third kappa shape index (κ3) is 5.87. The third-order valence-corrected chi connectivity index (χ3v) is 5.01. The Morgan fingerprint density at radius 2 is 1.94 bits per heavy atom. The van der Waals surface area contributed by atoms with Crippen LogP contribution in [0.5, 0.6) is 0 Å². The summed E-state index contributed by atoms with van der Waals surface area (Å²) in [6.45, 7) is 1.48. The number of carboxylic acids is 1. The van der Waals surface area contributed by atoms with Gasteiger partial charge in [0.05, 0.1) is 17.7 Å². The minimum atomic E-state index is -4.15. The summed E-state index contributed by atoms with van der Waals surface area (Å²) < 4.78 is 35.6. The lowest BCUT2D eigenvalue weighted by Crippen LogP contribution is -2.16. The number of aliphatic carboxylic acids is 1. The molecule has 3 rings (SSSR count). The van der Waals surface area contributed by atoms with E-state index in [1.165, 1.54) is 6.07 Å². The van der Waals surface area contributed by atoms with Crippen molar-refractivity contribution >= 4 is 56.2 Å². The summed E-state index contributed by atoms with van der Waals surface area (Å²) >= 11 is 5.86. The molecule has 12 nitrogen and oxygen atoms in total. The number of fused-ring (bicyclic) bond motifs is 1. The average Bonchev–Trinajstić information content (AvgIpc) is 2.63. The molecule has 0 saturated carbocycles. The summed E-state index contributed by atoms with van der Waals surface area (Å²) in [5, 5.41) is 14.8. The molecule has 0 aliphatic carbocycles. The van der Waals surface area contributed by atoms with Crippen molar-refractivity contribution in [1.29, 1.82) is 0 Å². The summed E-state index contributed by atoms with van der Waals surface area (Å²) in [5.41, 5.74) is 0.512. The van der Waals surface area contributed by atoms with Crippen molar-refractivity contribution in [2.45, 2.75) is 13.3 Å². The molecule has 0 spiro atoms. The quantitative estimate of drug-likeness (QED) is 0.276. The molecule has 0 amide bonds. The molecule has 0 aliphatic heterocycles. The Labute approximate surface area is 180 Å². The van der Waals surface area contributed by atoms with Gasteiger partial charge >= 0.3 is 11.6 Å². The summed E-state index contributed by atoms with van der Waals surface area (Å²) in [6.07, 6.45) is -0.444. The number of halogens is 1. The highest BCUT2D eigenvalue weighted by atomic mass is 35.5. The van der Waals surface area contributed by atoms with Crippen molar-refractivity contribution in [2.75, 3.05) is 22.9 Å². The molecular formula is C17H16ClN5O7S. The van der Waals surface area contributed by atoms with Crippen LogP contribution in [0.25, 0.3) is 11.0 Å². The second kappa shape index (κ2) is 8.83. The first kappa shape index (κ1) is 22.4. The van der Waals surface area contributed by atoms with Gasteiger partial charge in [-0.25, -0.2) is 4.79 Å². The second-order valence-corrected chi connectivity index (χ2v) is 8.27. The number of carbonyl (C=O) groups is 1. The summed E-state index contributed by atoms with van der Waals surface area (Å²) in [5.74, 6) is -1.69. The van der Waals surface area contributed by atoms with Gasteiger partial charge in [0.1, 0.15) is 5.58 Å². The molecule has 0 bridgehead atoms. The molecule has 2 aromatic heterocycles. The Morgan fingerprint density at radius 1 is 1.23 bits per heavy atom.